The Bertz CT molecular complexity index is 439. The molecule has 5 heteroatoms. The number of carbonyl (C=O) groups is 1. The SMILES string of the molecule is CC(C)(C)CNc1cc(C(=O)O)c(N)cc1F. The van der Waals surface area contributed by atoms with Crippen molar-refractivity contribution in [3.63, 3.8) is 0 Å². The van der Waals surface area contributed by atoms with Crippen LogP contribution < -0.4 is 11.1 Å². The number of aromatic carboxylic acids is 1. The average molecular weight is 240 g/mol. The van der Waals surface area contributed by atoms with E-state index >= 15 is 0 Å². The summed E-state index contributed by atoms with van der Waals surface area (Å²) in [5.41, 5.74) is 5.39. The van der Waals surface area contributed by atoms with E-state index in [9.17, 15) is 9.18 Å². The lowest BCUT2D eigenvalue weighted by molar-refractivity contribution is 0.0698. The minimum absolute atomic E-state index is 0.0305. The van der Waals surface area contributed by atoms with Crippen molar-refractivity contribution in [3.8, 4) is 0 Å². The largest absolute Gasteiger partial charge is 0.478 e. The molecule has 0 saturated carbocycles. The first-order valence-corrected chi connectivity index (χ1v) is 5.27. The maximum atomic E-state index is 13.5. The molecule has 0 saturated heterocycles. The molecule has 1 aromatic carbocycles. The molecule has 0 aliphatic carbocycles. The molecule has 0 aliphatic rings. The highest BCUT2D eigenvalue weighted by molar-refractivity contribution is 5.94. The Labute approximate surface area is 99.6 Å². The summed E-state index contributed by atoms with van der Waals surface area (Å²) >= 11 is 0. The summed E-state index contributed by atoms with van der Waals surface area (Å²) in [6, 6.07) is 2.24. The van der Waals surface area contributed by atoms with Gasteiger partial charge in [-0.15, -0.1) is 0 Å². The Kier molecular flexibility index (Phi) is 3.60. The van der Waals surface area contributed by atoms with Crippen molar-refractivity contribution in [3.05, 3.63) is 23.5 Å². The predicted octanol–water partition coefficient (Wildman–Crippen LogP) is 2.56. The number of nitrogens with one attached hydrogen (secondary N) is 1. The average Bonchev–Trinajstić information content (AvgIpc) is 2.14. The topological polar surface area (TPSA) is 75.3 Å². The molecule has 4 N–H and O–H groups in total. The fourth-order valence-electron chi connectivity index (χ4n) is 1.27. The van der Waals surface area contributed by atoms with Gasteiger partial charge in [0.15, 0.2) is 0 Å². The Morgan fingerprint density at radius 3 is 2.53 bits per heavy atom. The second-order valence-corrected chi connectivity index (χ2v) is 5.14. The van der Waals surface area contributed by atoms with Gasteiger partial charge in [0.2, 0.25) is 0 Å². The number of nitrogens with two attached hydrogens (primary N) is 1. The lowest BCUT2D eigenvalue weighted by atomic mass is 9.97. The molecule has 17 heavy (non-hydrogen) atoms. The normalized spacial score (nSPS) is 11.3. The molecule has 0 heterocycles. The van der Waals surface area contributed by atoms with Crippen molar-refractivity contribution in [2.75, 3.05) is 17.6 Å². The number of nitrogen functional groups attached to an aromatic ring is 1. The molecule has 4 nitrogen and oxygen atoms in total. The van der Waals surface area contributed by atoms with Gasteiger partial charge in [-0.25, -0.2) is 9.18 Å². The summed E-state index contributed by atoms with van der Waals surface area (Å²) in [4.78, 5) is 10.9. The van der Waals surface area contributed by atoms with E-state index in [0.717, 1.165) is 6.07 Å². The molecule has 1 rings (SSSR count). The van der Waals surface area contributed by atoms with Crippen LogP contribution in [0, 0.1) is 11.2 Å². The third kappa shape index (κ3) is 3.62. The van der Waals surface area contributed by atoms with Gasteiger partial charge in [0, 0.05) is 12.2 Å². The maximum Gasteiger partial charge on any atom is 0.337 e. The second kappa shape index (κ2) is 4.61. The Hall–Kier alpha value is -1.78. The van der Waals surface area contributed by atoms with E-state index in [-0.39, 0.29) is 22.4 Å². The van der Waals surface area contributed by atoms with Gasteiger partial charge >= 0.3 is 5.97 Å². The Morgan fingerprint density at radius 1 is 1.47 bits per heavy atom. The van der Waals surface area contributed by atoms with Crippen LogP contribution in [0.1, 0.15) is 31.1 Å². The molecule has 0 radical (unpaired) electrons. The Balaban J connectivity index is 3.00. The molecule has 0 amide bonds. The third-order valence-corrected chi connectivity index (χ3v) is 2.18. The van der Waals surface area contributed by atoms with Crippen LogP contribution in [0.4, 0.5) is 15.8 Å². The first kappa shape index (κ1) is 13.3. The minimum Gasteiger partial charge on any atom is -0.478 e. The van der Waals surface area contributed by atoms with E-state index in [2.05, 4.69) is 5.32 Å². The molecule has 0 aromatic heterocycles. The monoisotopic (exact) mass is 240 g/mol. The first-order valence-electron chi connectivity index (χ1n) is 5.27. The highest BCUT2D eigenvalue weighted by Gasteiger charge is 2.15. The number of hydrogen-bond acceptors (Lipinski definition) is 3. The van der Waals surface area contributed by atoms with Crippen LogP contribution in [0.3, 0.4) is 0 Å². The van der Waals surface area contributed by atoms with Gasteiger partial charge in [-0.2, -0.15) is 0 Å². The van der Waals surface area contributed by atoms with Crippen molar-refractivity contribution in [1.82, 2.24) is 0 Å². The number of carboxylic acid groups (broad SMARTS) is 1. The summed E-state index contributed by atoms with van der Waals surface area (Å²) in [6.07, 6.45) is 0. The van der Waals surface area contributed by atoms with E-state index < -0.39 is 11.8 Å². The lowest BCUT2D eigenvalue weighted by Crippen LogP contribution is -2.20. The molecule has 0 bridgehead atoms. The first-order chi connectivity index (χ1) is 7.70. The standard InChI is InChI=1S/C12H17FN2O2/c1-12(2,3)6-15-10-4-7(11(16)17)9(14)5-8(10)13/h4-5,15H,6,14H2,1-3H3,(H,16,17). The number of hydrogen-bond donors (Lipinski definition) is 3. The van der Waals surface area contributed by atoms with Crippen LogP contribution in [0.25, 0.3) is 0 Å². The van der Waals surface area contributed by atoms with Gasteiger partial charge in [-0.1, -0.05) is 20.8 Å². The van der Waals surface area contributed by atoms with E-state index in [0.29, 0.717) is 6.54 Å². The number of rotatable bonds is 3. The molecule has 0 unspecified atom stereocenters. The summed E-state index contributed by atoms with van der Waals surface area (Å²) in [5.74, 6) is -1.71. The van der Waals surface area contributed by atoms with Crippen molar-refractivity contribution >= 4 is 17.3 Å². The predicted molar refractivity (Wildman–Crippen MR) is 65.7 cm³/mol. The summed E-state index contributed by atoms with van der Waals surface area (Å²) in [7, 11) is 0. The number of anilines is 2. The molecule has 0 aliphatic heterocycles. The highest BCUT2D eigenvalue weighted by Crippen LogP contribution is 2.23. The zero-order chi connectivity index (χ0) is 13.2. The van der Waals surface area contributed by atoms with Crippen LogP contribution in [0.2, 0.25) is 0 Å². The van der Waals surface area contributed by atoms with E-state index in [1.807, 2.05) is 20.8 Å². The van der Waals surface area contributed by atoms with Crippen molar-refractivity contribution in [2.45, 2.75) is 20.8 Å². The van der Waals surface area contributed by atoms with Crippen LogP contribution in [0.15, 0.2) is 12.1 Å². The maximum absolute atomic E-state index is 13.5. The summed E-state index contributed by atoms with van der Waals surface area (Å²) < 4.78 is 13.5. The van der Waals surface area contributed by atoms with Crippen molar-refractivity contribution in [2.24, 2.45) is 5.41 Å². The number of halogens is 1. The van der Waals surface area contributed by atoms with Crippen molar-refractivity contribution < 1.29 is 14.3 Å². The summed E-state index contributed by atoms with van der Waals surface area (Å²) in [5, 5.41) is 11.8. The van der Waals surface area contributed by atoms with Crippen LogP contribution in [-0.2, 0) is 0 Å². The molecule has 1 aromatic rings. The van der Waals surface area contributed by atoms with Crippen molar-refractivity contribution in [1.29, 1.82) is 0 Å². The zero-order valence-corrected chi connectivity index (χ0v) is 10.2. The molecule has 0 atom stereocenters. The minimum atomic E-state index is -1.17. The van der Waals surface area contributed by atoms with Crippen LogP contribution in [-0.4, -0.2) is 17.6 Å². The fraction of sp³-hybridized carbons (Fsp3) is 0.417. The van der Waals surface area contributed by atoms with Crippen LogP contribution in [0.5, 0.6) is 0 Å². The Morgan fingerprint density at radius 2 is 2.06 bits per heavy atom. The molecule has 0 spiro atoms. The quantitative estimate of drug-likeness (QED) is 0.710. The highest BCUT2D eigenvalue weighted by atomic mass is 19.1. The fourth-order valence-corrected chi connectivity index (χ4v) is 1.27. The lowest BCUT2D eigenvalue weighted by Gasteiger charge is -2.20. The van der Waals surface area contributed by atoms with Gasteiger partial charge in [0.25, 0.3) is 0 Å². The summed E-state index contributed by atoms with van der Waals surface area (Å²) in [6.45, 7) is 6.51. The zero-order valence-electron chi connectivity index (χ0n) is 10.2. The molecular formula is C12H17FN2O2. The van der Waals surface area contributed by atoms with Crippen LogP contribution >= 0.6 is 0 Å². The van der Waals surface area contributed by atoms with Gasteiger partial charge < -0.3 is 16.2 Å². The van der Waals surface area contributed by atoms with Gasteiger partial charge in [-0.05, 0) is 17.5 Å². The van der Waals surface area contributed by atoms with Gasteiger partial charge in [0.05, 0.1) is 11.3 Å². The smallest absolute Gasteiger partial charge is 0.337 e. The van der Waals surface area contributed by atoms with Gasteiger partial charge in [0.1, 0.15) is 5.82 Å². The van der Waals surface area contributed by atoms with E-state index in [1.54, 1.807) is 0 Å². The number of benzene rings is 1. The molecule has 94 valence electrons. The number of carboxylic acids is 1. The third-order valence-electron chi connectivity index (χ3n) is 2.18. The van der Waals surface area contributed by atoms with E-state index in [1.165, 1.54) is 6.07 Å². The molecule has 0 fully saturated rings. The van der Waals surface area contributed by atoms with E-state index in [4.69, 9.17) is 10.8 Å². The second-order valence-electron chi connectivity index (χ2n) is 5.14. The molecular weight excluding hydrogens is 223 g/mol. The van der Waals surface area contributed by atoms with Gasteiger partial charge in [-0.3, -0.25) is 0 Å².